The molecule has 27 heavy (non-hydrogen) atoms. The zero-order valence-corrected chi connectivity index (χ0v) is 15.5. The third kappa shape index (κ3) is 3.11. The fourth-order valence-corrected chi connectivity index (χ4v) is 3.26. The van der Waals surface area contributed by atoms with E-state index in [1.54, 1.807) is 26.0 Å². The molecule has 0 bridgehead atoms. The fourth-order valence-electron chi connectivity index (χ4n) is 3.14. The summed E-state index contributed by atoms with van der Waals surface area (Å²) in [4.78, 5) is 38.5. The summed E-state index contributed by atoms with van der Waals surface area (Å²) in [7, 11) is 0. The minimum absolute atomic E-state index is 0.0538. The Morgan fingerprint density at radius 2 is 1.78 bits per heavy atom. The van der Waals surface area contributed by atoms with Crippen molar-refractivity contribution in [2.75, 3.05) is 13.2 Å². The molecule has 0 spiro atoms. The van der Waals surface area contributed by atoms with Crippen LogP contribution in [0.15, 0.2) is 35.7 Å². The van der Waals surface area contributed by atoms with Gasteiger partial charge in [0.05, 0.1) is 30.8 Å². The molecule has 9 heteroatoms. The summed E-state index contributed by atoms with van der Waals surface area (Å²) in [6, 6.07) is 8.05. The summed E-state index contributed by atoms with van der Waals surface area (Å²) < 4.78 is 10.2. The third-order valence-electron chi connectivity index (χ3n) is 4.22. The Labute approximate surface area is 161 Å². The normalized spacial score (nSPS) is 18.0. The molecular weight excluding hydrogens is 374 g/mol. The number of halogens is 1. The van der Waals surface area contributed by atoms with Crippen LogP contribution < -0.4 is 5.73 Å². The van der Waals surface area contributed by atoms with Gasteiger partial charge in [0.15, 0.2) is 0 Å². The predicted octanol–water partition coefficient (Wildman–Crippen LogP) is 1.45. The molecule has 2 rings (SSSR count). The van der Waals surface area contributed by atoms with Gasteiger partial charge in [-0.15, -0.1) is 0 Å². The number of ether oxygens (including phenoxy) is 2. The average molecular weight is 392 g/mol. The molecule has 1 aromatic rings. The summed E-state index contributed by atoms with van der Waals surface area (Å²) in [6.07, 6.45) is 0.219. The molecule has 0 fully saturated rings. The number of amides is 1. The molecule has 1 amide bonds. The van der Waals surface area contributed by atoms with E-state index in [4.69, 9.17) is 26.8 Å². The highest BCUT2D eigenvalue weighted by atomic mass is 35.5. The summed E-state index contributed by atoms with van der Waals surface area (Å²) in [5.74, 6) is -3.59. The van der Waals surface area contributed by atoms with Crippen molar-refractivity contribution in [3.05, 3.63) is 46.2 Å². The van der Waals surface area contributed by atoms with Crippen molar-refractivity contribution >= 4 is 29.9 Å². The maximum atomic E-state index is 13.0. The van der Waals surface area contributed by atoms with Crippen molar-refractivity contribution in [3.63, 3.8) is 0 Å². The Hall–Kier alpha value is -3.05. The van der Waals surface area contributed by atoms with Crippen LogP contribution in [0.1, 0.15) is 25.3 Å². The van der Waals surface area contributed by atoms with Crippen LogP contribution in [-0.2, 0) is 23.9 Å². The van der Waals surface area contributed by atoms with Gasteiger partial charge in [0, 0.05) is 5.02 Å². The van der Waals surface area contributed by atoms with Crippen molar-refractivity contribution in [1.29, 1.82) is 5.26 Å². The third-order valence-corrected chi connectivity index (χ3v) is 4.48. The standard InChI is InChI=1S/C18H18ClN3O5/c1-3-26-16(24)18(17(25)27-4-2)14(11-5-7-12(19)8-6-11)13(9-20)15(21)22(18)10-23/h5-8,10,14H,3-4,21H2,1-2H3/t14-/m1/s1. The van der Waals surface area contributed by atoms with E-state index in [1.165, 1.54) is 12.1 Å². The summed E-state index contributed by atoms with van der Waals surface area (Å²) >= 11 is 5.92. The molecule has 0 unspecified atom stereocenters. The Balaban J connectivity index is 2.83. The fraction of sp³-hybridized carbons (Fsp3) is 0.333. The van der Waals surface area contributed by atoms with Gasteiger partial charge in [-0.1, -0.05) is 23.7 Å². The number of carbonyl (C=O) groups excluding carboxylic acids is 3. The van der Waals surface area contributed by atoms with Crippen LogP contribution in [0.25, 0.3) is 0 Å². The molecule has 8 nitrogen and oxygen atoms in total. The van der Waals surface area contributed by atoms with Gasteiger partial charge in [-0.2, -0.15) is 5.26 Å². The van der Waals surface area contributed by atoms with Crippen LogP contribution in [0.5, 0.6) is 0 Å². The second-order valence-electron chi connectivity index (χ2n) is 5.58. The molecule has 0 aliphatic carbocycles. The van der Waals surface area contributed by atoms with E-state index in [0.717, 1.165) is 0 Å². The van der Waals surface area contributed by atoms with E-state index in [0.29, 0.717) is 15.5 Å². The van der Waals surface area contributed by atoms with Gasteiger partial charge >= 0.3 is 11.9 Å². The van der Waals surface area contributed by atoms with E-state index < -0.39 is 23.4 Å². The number of hydrogen-bond acceptors (Lipinski definition) is 7. The minimum Gasteiger partial charge on any atom is -0.464 e. The first-order chi connectivity index (χ1) is 12.9. The van der Waals surface area contributed by atoms with E-state index in [2.05, 4.69) is 0 Å². The van der Waals surface area contributed by atoms with Crippen LogP contribution in [0.3, 0.4) is 0 Å². The van der Waals surface area contributed by atoms with Gasteiger partial charge in [0.2, 0.25) is 6.41 Å². The van der Waals surface area contributed by atoms with Crippen LogP contribution in [0.4, 0.5) is 0 Å². The minimum atomic E-state index is -2.28. The van der Waals surface area contributed by atoms with Crippen molar-refractivity contribution in [1.82, 2.24) is 4.90 Å². The Morgan fingerprint density at radius 3 is 2.19 bits per heavy atom. The molecule has 1 aromatic carbocycles. The van der Waals surface area contributed by atoms with Crippen molar-refractivity contribution < 1.29 is 23.9 Å². The van der Waals surface area contributed by atoms with Gasteiger partial charge < -0.3 is 15.2 Å². The van der Waals surface area contributed by atoms with Gasteiger partial charge in [0.25, 0.3) is 5.54 Å². The molecule has 0 saturated carbocycles. The maximum absolute atomic E-state index is 13.0. The molecule has 1 heterocycles. The molecule has 0 aromatic heterocycles. The summed E-state index contributed by atoms with van der Waals surface area (Å²) in [6.45, 7) is 3.00. The number of benzene rings is 1. The first kappa shape index (κ1) is 20.3. The second kappa shape index (κ2) is 8.10. The summed E-state index contributed by atoms with van der Waals surface area (Å²) in [5.41, 5.74) is 3.93. The molecular formula is C18H18ClN3O5. The quantitative estimate of drug-likeness (QED) is 0.442. The van der Waals surface area contributed by atoms with Gasteiger partial charge in [-0.05, 0) is 31.5 Å². The highest BCUT2D eigenvalue weighted by Gasteiger charge is 2.66. The molecule has 0 saturated heterocycles. The van der Waals surface area contributed by atoms with Crippen molar-refractivity contribution in [3.8, 4) is 6.07 Å². The Bertz CT molecular complexity index is 810. The predicted molar refractivity (Wildman–Crippen MR) is 94.9 cm³/mol. The topological polar surface area (TPSA) is 123 Å². The average Bonchev–Trinajstić information content (AvgIpc) is 2.91. The lowest BCUT2D eigenvalue weighted by molar-refractivity contribution is -0.174. The largest absolute Gasteiger partial charge is 0.464 e. The highest BCUT2D eigenvalue weighted by molar-refractivity contribution is 6.30. The van der Waals surface area contributed by atoms with Crippen LogP contribution in [0, 0.1) is 11.3 Å². The lowest BCUT2D eigenvalue weighted by Gasteiger charge is -2.36. The van der Waals surface area contributed by atoms with Crippen LogP contribution in [0.2, 0.25) is 5.02 Å². The summed E-state index contributed by atoms with van der Waals surface area (Å²) in [5, 5.41) is 10.0. The van der Waals surface area contributed by atoms with Gasteiger partial charge in [0.1, 0.15) is 5.82 Å². The first-order valence-corrected chi connectivity index (χ1v) is 8.52. The Morgan fingerprint density at radius 1 is 1.26 bits per heavy atom. The van der Waals surface area contributed by atoms with Crippen LogP contribution in [-0.4, -0.2) is 42.0 Å². The zero-order valence-electron chi connectivity index (χ0n) is 14.8. The van der Waals surface area contributed by atoms with E-state index in [-0.39, 0.29) is 31.0 Å². The molecule has 1 aliphatic heterocycles. The van der Waals surface area contributed by atoms with Crippen molar-refractivity contribution in [2.24, 2.45) is 5.73 Å². The number of rotatable bonds is 6. The smallest absolute Gasteiger partial charge is 0.345 e. The highest BCUT2D eigenvalue weighted by Crippen LogP contribution is 2.47. The van der Waals surface area contributed by atoms with Crippen molar-refractivity contribution in [2.45, 2.75) is 25.3 Å². The van der Waals surface area contributed by atoms with Gasteiger partial charge in [-0.25, -0.2) is 9.59 Å². The molecule has 1 atom stereocenters. The number of esters is 2. The molecule has 0 radical (unpaired) electrons. The zero-order chi connectivity index (χ0) is 20.2. The number of nitrogens with two attached hydrogens (primary N) is 1. The monoisotopic (exact) mass is 391 g/mol. The Kier molecular flexibility index (Phi) is 6.08. The lowest BCUT2D eigenvalue weighted by atomic mass is 9.76. The molecule has 142 valence electrons. The number of hydrogen-bond donors (Lipinski definition) is 1. The number of carbonyl (C=O) groups is 3. The van der Waals surface area contributed by atoms with Gasteiger partial charge in [-0.3, -0.25) is 9.69 Å². The molecule has 2 N–H and O–H groups in total. The molecule has 1 aliphatic rings. The first-order valence-electron chi connectivity index (χ1n) is 8.14. The lowest BCUT2D eigenvalue weighted by Crippen LogP contribution is -2.61. The number of nitriles is 1. The van der Waals surface area contributed by atoms with E-state index >= 15 is 0 Å². The van der Waals surface area contributed by atoms with E-state index in [9.17, 15) is 19.6 Å². The SMILES string of the molecule is CCOC(=O)C1(C(=O)OCC)[C@H](c2ccc(Cl)cc2)C(C#N)=C(N)N1C=O. The maximum Gasteiger partial charge on any atom is 0.345 e. The number of nitrogens with zero attached hydrogens (tertiary/aromatic N) is 2. The van der Waals surface area contributed by atoms with Crippen LogP contribution >= 0.6 is 11.6 Å². The second-order valence-corrected chi connectivity index (χ2v) is 6.01. The van der Waals surface area contributed by atoms with E-state index in [1.807, 2.05) is 6.07 Å².